The van der Waals surface area contributed by atoms with E-state index < -0.39 is 67.8 Å². The van der Waals surface area contributed by atoms with Gasteiger partial charge in [0.1, 0.15) is 48.8 Å². The highest BCUT2D eigenvalue weighted by Gasteiger charge is 2.56. The molecule has 3 saturated heterocycles. The van der Waals surface area contributed by atoms with Gasteiger partial charge in [-0.05, 0) is 27.8 Å². The minimum atomic E-state index is -1.89. The molecule has 338 valence electrons. The third kappa shape index (κ3) is 12.0. The molecule has 6 aromatic carbocycles. The molecule has 3 fully saturated rings. The Morgan fingerprint density at radius 2 is 0.862 bits per heavy atom. The van der Waals surface area contributed by atoms with Crippen molar-refractivity contribution in [1.29, 1.82) is 0 Å². The summed E-state index contributed by atoms with van der Waals surface area (Å²) in [7, 11) is 0. The van der Waals surface area contributed by atoms with Gasteiger partial charge in [0.2, 0.25) is 6.36 Å². The minimum absolute atomic E-state index is 0.0591. The van der Waals surface area contributed by atoms with Crippen LogP contribution < -0.4 is 0 Å². The Labute approximate surface area is 380 Å². The second-order valence-corrected chi connectivity index (χ2v) is 16.4. The predicted molar refractivity (Wildman–Crippen MR) is 239 cm³/mol. The van der Waals surface area contributed by atoms with Crippen LogP contribution in [0, 0.1) is 0 Å². The lowest BCUT2D eigenvalue weighted by Gasteiger charge is -2.51. The number of halogens is 1. The van der Waals surface area contributed by atoms with Crippen molar-refractivity contribution in [2.75, 3.05) is 13.2 Å². The highest BCUT2D eigenvalue weighted by Crippen LogP contribution is 2.40. The fourth-order valence-corrected chi connectivity index (χ4v) is 8.42. The normalized spacial score (nSPS) is 27.7. The van der Waals surface area contributed by atoms with E-state index in [9.17, 15) is 0 Å². The molecule has 0 amide bonds. The average molecular weight is 883 g/mol. The summed E-state index contributed by atoms with van der Waals surface area (Å²) < 4.78 is 83.4. The number of hydrogen-bond acceptors (Lipinski definition) is 10. The molecule has 3 aliphatic rings. The van der Waals surface area contributed by atoms with Gasteiger partial charge >= 0.3 is 0 Å². The zero-order valence-corrected chi connectivity index (χ0v) is 36.1. The lowest BCUT2D eigenvalue weighted by molar-refractivity contribution is -0.391. The number of fused-ring (bicyclic) bond motifs is 1. The molecule has 9 rings (SSSR count). The van der Waals surface area contributed by atoms with Crippen LogP contribution in [0.2, 0.25) is 0 Å². The molecule has 0 radical (unpaired) electrons. The Morgan fingerprint density at radius 3 is 1.37 bits per heavy atom. The highest BCUT2D eigenvalue weighted by atomic mass is 19.1. The Balaban J connectivity index is 1.09. The van der Waals surface area contributed by atoms with Crippen molar-refractivity contribution in [2.45, 2.75) is 101 Å². The van der Waals surface area contributed by atoms with E-state index in [0.29, 0.717) is 6.61 Å². The summed E-state index contributed by atoms with van der Waals surface area (Å²) in [4.78, 5) is 0. The number of rotatable bonds is 19. The number of alkyl halides is 1. The van der Waals surface area contributed by atoms with Crippen molar-refractivity contribution in [3.8, 4) is 0 Å². The molecule has 0 bridgehead atoms. The van der Waals surface area contributed by atoms with E-state index in [-0.39, 0.29) is 39.6 Å². The first kappa shape index (κ1) is 45.0. The summed E-state index contributed by atoms with van der Waals surface area (Å²) in [6.07, 6.45) is -10.9. The van der Waals surface area contributed by atoms with Crippen molar-refractivity contribution >= 4 is 0 Å². The van der Waals surface area contributed by atoms with E-state index in [1.165, 1.54) is 0 Å². The van der Waals surface area contributed by atoms with E-state index in [1.807, 2.05) is 182 Å². The number of ether oxygens (including phenoxy) is 10. The first-order valence-corrected chi connectivity index (χ1v) is 22.3. The van der Waals surface area contributed by atoms with Crippen molar-refractivity contribution in [2.24, 2.45) is 0 Å². The zero-order valence-electron chi connectivity index (χ0n) is 36.1. The summed E-state index contributed by atoms with van der Waals surface area (Å²) in [5.74, 6) is 0. The molecule has 0 N–H and O–H groups in total. The predicted octanol–water partition coefficient (Wildman–Crippen LogP) is 9.46. The molecule has 11 atom stereocenters. The molecule has 65 heavy (non-hydrogen) atoms. The van der Waals surface area contributed by atoms with Gasteiger partial charge in [0.15, 0.2) is 12.6 Å². The van der Waals surface area contributed by atoms with Gasteiger partial charge in [0.25, 0.3) is 0 Å². The maximum absolute atomic E-state index is 16.7. The standard InChI is InChI=1S/C54H55FO10/c55-52-50(59-34-41-25-13-4-14-26-41)49(47-45(62-52)37-61-53(64-47)43-29-17-6-18-30-43)65-54-51(60-35-42-27-15-5-16-28-42)48(58-33-40-23-11-3-12-24-40)46(57-32-39-21-9-2-10-22-39)44(63-54)36-56-31-38-19-7-1-8-20-38/h1-30,44-54H,31-37H2/t44-,45-,46+,47+,48+,49+,50-,51-,52+,53+,54+/m1/s1. The van der Waals surface area contributed by atoms with Crippen LogP contribution in [-0.4, -0.2) is 74.7 Å². The molecule has 11 heteroatoms. The molecule has 0 aliphatic carbocycles. The monoisotopic (exact) mass is 882 g/mol. The SMILES string of the molecule is F[C@H]1O[C@@H]2CO[C@H](c3ccccc3)O[C@@H]2[C@H](O[C@@H]2O[C@H](COCc3ccccc3)[C@H](OCc3ccccc3)[C@H](OCc3ccccc3)[C@H]2OCc2ccccc2)[C@H]1OCc1ccccc1. The first-order valence-electron chi connectivity index (χ1n) is 22.3. The Morgan fingerprint density at radius 1 is 0.431 bits per heavy atom. The van der Waals surface area contributed by atoms with Crippen LogP contribution in [0.1, 0.15) is 39.7 Å². The summed E-state index contributed by atoms with van der Waals surface area (Å²) in [6.45, 7) is 1.30. The molecule has 0 spiro atoms. The summed E-state index contributed by atoms with van der Waals surface area (Å²) in [6, 6.07) is 58.9. The Hall–Kier alpha value is -5.15. The first-order chi connectivity index (χ1) is 32.1. The summed E-state index contributed by atoms with van der Waals surface area (Å²) in [5.41, 5.74) is 5.53. The van der Waals surface area contributed by atoms with E-state index in [0.717, 1.165) is 33.4 Å². The van der Waals surface area contributed by atoms with Gasteiger partial charge in [-0.25, -0.2) is 4.39 Å². The molecule has 0 aromatic heterocycles. The molecule has 0 saturated carbocycles. The van der Waals surface area contributed by atoms with Crippen LogP contribution in [0.15, 0.2) is 182 Å². The molecule has 6 aromatic rings. The zero-order chi connectivity index (χ0) is 44.0. The van der Waals surface area contributed by atoms with Gasteiger partial charge in [0.05, 0.1) is 46.2 Å². The molecule has 0 unspecified atom stereocenters. The molecule has 3 aliphatic heterocycles. The van der Waals surface area contributed by atoms with Crippen LogP contribution in [0.5, 0.6) is 0 Å². The quantitative estimate of drug-likeness (QED) is 0.0784. The minimum Gasteiger partial charge on any atom is -0.374 e. The molecular formula is C54H55FO10. The van der Waals surface area contributed by atoms with Crippen LogP contribution in [-0.2, 0) is 80.4 Å². The van der Waals surface area contributed by atoms with E-state index in [1.54, 1.807) is 0 Å². The Kier molecular flexibility index (Phi) is 15.8. The number of hydrogen-bond donors (Lipinski definition) is 0. The van der Waals surface area contributed by atoms with Gasteiger partial charge in [-0.2, -0.15) is 0 Å². The number of benzene rings is 6. The smallest absolute Gasteiger partial charge is 0.228 e. The van der Waals surface area contributed by atoms with Crippen LogP contribution >= 0.6 is 0 Å². The van der Waals surface area contributed by atoms with Gasteiger partial charge in [-0.1, -0.05) is 182 Å². The maximum Gasteiger partial charge on any atom is 0.228 e. The van der Waals surface area contributed by atoms with E-state index in [2.05, 4.69) is 0 Å². The highest BCUT2D eigenvalue weighted by molar-refractivity contribution is 5.19. The van der Waals surface area contributed by atoms with Crippen molar-refractivity contribution in [3.63, 3.8) is 0 Å². The average Bonchev–Trinajstić information content (AvgIpc) is 3.36. The van der Waals surface area contributed by atoms with Crippen molar-refractivity contribution < 1.29 is 51.8 Å². The summed E-state index contributed by atoms with van der Waals surface area (Å²) >= 11 is 0. The fourth-order valence-electron chi connectivity index (χ4n) is 8.42. The molecule has 3 heterocycles. The third-order valence-electron chi connectivity index (χ3n) is 11.8. The van der Waals surface area contributed by atoms with Crippen molar-refractivity contribution in [1.82, 2.24) is 0 Å². The summed E-state index contributed by atoms with van der Waals surface area (Å²) in [5, 5.41) is 0. The van der Waals surface area contributed by atoms with Gasteiger partial charge in [0, 0.05) is 5.56 Å². The second-order valence-electron chi connectivity index (χ2n) is 16.4. The largest absolute Gasteiger partial charge is 0.374 e. The van der Waals surface area contributed by atoms with Crippen molar-refractivity contribution in [3.05, 3.63) is 215 Å². The lowest BCUT2D eigenvalue weighted by Crippen LogP contribution is -2.66. The maximum atomic E-state index is 16.7. The molecular weight excluding hydrogens is 828 g/mol. The van der Waals surface area contributed by atoms with Gasteiger partial charge in [-0.3, -0.25) is 0 Å². The van der Waals surface area contributed by atoms with Gasteiger partial charge < -0.3 is 47.4 Å². The van der Waals surface area contributed by atoms with Crippen LogP contribution in [0.4, 0.5) is 4.39 Å². The van der Waals surface area contributed by atoms with E-state index >= 15 is 4.39 Å². The van der Waals surface area contributed by atoms with E-state index in [4.69, 9.17) is 47.4 Å². The Bertz CT molecular complexity index is 2260. The second kappa shape index (κ2) is 22.8. The van der Waals surface area contributed by atoms with Crippen LogP contribution in [0.25, 0.3) is 0 Å². The van der Waals surface area contributed by atoms with Crippen LogP contribution in [0.3, 0.4) is 0 Å². The molecule has 10 nitrogen and oxygen atoms in total. The fraction of sp³-hybridized carbons (Fsp3) is 0.333. The lowest BCUT2D eigenvalue weighted by atomic mass is 9.95. The van der Waals surface area contributed by atoms with Gasteiger partial charge in [-0.15, -0.1) is 0 Å². The topological polar surface area (TPSA) is 92.3 Å². The third-order valence-corrected chi connectivity index (χ3v) is 11.8.